The summed E-state index contributed by atoms with van der Waals surface area (Å²) in [6.45, 7) is -2.18. The van der Waals surface area contributed by atoms with E-state index in [2.05, 4.69) is 11.1 Å². The number of alkyl halides is 5. The summed E-state index contributed by atoms with van der Waals surface area (Å²) in [6.07, 6.45) is -2.44. The highest BCUT2D eigenvalue weighted by atomic mass is 19.4. The lowest BCUT2D eigenvalue weighted by molar-refractivity contribution is -0.878. The first kappa shape index (κ1) is 28.0. The number of ether oxygens (including phenoxy) is 1. The van der Waals surface area contributed by atoms with Gasteiger partial charge < -0.3 is 4.74 Å². The van der Waals surface area contributed by atoms with Crippen LogP contribution in [0.5, 0.6) is 5.75 Å². The number of halogens is 6. The summed E-state index contributed by atoms with van der Waals surface area (Å²) in [5.41, 5.74) is -1.73. The maximum absolute atomic E-state index is 15.5. The van der Waals surface area contributed by atoms with E-state index in [-0.39, 0.29) is 29.0 Å². The van der Waals surface area contributed by atoms with E-state index < -0.39 is 35.6 Å². The fraction of sp³-hybridized carbons (Fsp3) is 0.333. The minimum atomic E-state index is -5.90. The van der Waals surface area contributed by atoms with Crippen LogP contribution >= 0.6 is 0 Å². The molecule has 5 rings (SSSR count). The van der Waals surface area contributed by atoms with Gasteiger partial charge in [-0.15, -0.1) is 0 Å². The Labute approximate surface area is 228 Å². The molecule has 1 aliphatic rings. The van der Waals surface area contributed by atoms with Crippen LogP contribution in [-0.2, 0) is 18.5 Å². The Morgan fingerprint density at radius 1 is 1.07 bits per heavy atom. The van der Waals surface area contributed by atoms with Gasteiger partial charge in [0.15, 0.2) is 0 Å². The minimum Gasteiger partial charge on any atom is -0.497 e. The zero-order valence-electron chi connectivity index (χ0n) is 21.7. The second-order valence-electron chi connectivity index (χ2n) is 9.69. The van der Waals surface area contributed by atoms with Crippen molar-refractivity contribution in [2.75, 3.05) is 14.2 Å². The maximum atomic E-state index is 15.5. The van der Waals surface area contributed by atoms with Crippen molar-refractivity contribution in [1.29, 1.82) is 5.26 Å². The lowest BCUT2D eigenvalue weighted by Crippen LogP contribution is -2.44. The third kappa shape index (κ3) is 4.85. The van der Waals surface area contributed by atoms with Crippen LogP contribution < -0.4 is 20.0 Å². The Bertz CT molecular complexity index is 1730. The van der Waals surface area contributed by atoms with Gasteiger partial charge in [0.2, 0.25) is 12.0 Å². The van der Waals surface area contributed by atoms with Crippen LogP contribution in [0.15, 0.2) is 53.6 Å². The van der Waals surface area contributed by atoms with Crippen molar-refractivity contribution in [3.63, 3.8) is 0 Å². The number of benzene rings is 1. The highest BCUT2D eigenvalue weighted by Gasteiger charge is 2.58. The highest BCUT2D eigenvalue weighted by molar-refractivity contribution is 5.79. The van der Waals surface area contributed by atoms with E-state index in [4.69, 9.17) is 9.57 Å². The maximum Gasteiger partial charge on any atom is 0.455 e. The molecule has 4 aromatic rings. The molecular formula is C27H22F6N5O3+. The van der Waals surface area contributed by atoms with Crippen LogP contribution in [-0.4, -0.2) is 40.4 Å². The zero-order valence-corrected chi connectivity index (χ0v) is 21.7. The number of hydrogen-bond donors (Lipinski definition) is 0. The van der Waals surface area contributed by atoms with Gasteiger partial charge in [-0.3, -0.25) is 14.0 Å². The standard InChI is InChI=1S/C27H22F6N5O3/c1-40-18-5-3-16(4-6-18)12-36-21-10-20(23-19(28)9-17(13-38(23)41-2)25(14-34)7-8-25)35-11-22(21)37(24(36)39)15-26(29,30)27(31,32)33/h3-6,9-11,13H,7-8,12,15H2,1-2H3/q+1. The number of aromatic nitrogens is 4. The highest BCUT2D eigenvalue weighted by Crippen LogP contribution is 2.47. The van der Waals surface area contributed by atoms with E-state index in [0.717, 1.165) is 15.5 Å². The molecule has 0 saturated heterocycles. The molecular weight excluding hydrogens is 556 g/mol. The number of nitrogens with zero attached hydrogens (tertiary/aromatic N) is 5. The molecule has 0 amide bonds. The Morgan fingerprint density at radius 3 is 2.32 bits per heavy atom. The third-order valence-electron chi connectivity index (χ3n) is 7.12. The van der Waals surface area contributed by atoms with E-state index >= 15 is 4.39 Å². The number of methoxy groups -OCH3 is 1. The largest absolute Gasteiger partial charge is 0.497 e. The van der Waals surface area contributed by atoms with Gasteiger partial charge in [-0.2, -0.15) is 31.6 Å². The predicted molar refractivity (Wildman–Crippen MR) is 132 cm³/mol. The Hall–Kier alpha value is -4.54. The van der Waals surface area contributed by atoms with Gasteiger partial charge >= 0.3 is 23.5 Å². The molecule has 0 radical (unpaired) electrons. The van der Waals surface area contributed by atoms with Gasteiger partial charge in [-0.25, -0.2) is 9.78 Å². The summed E-state index contributed by atoms with van der Waals surface area (Å²) >= 11 is 0. The van der Waals surface area contributed by atoms with Crippen LogP contribution in [0.25, 0.3) is 22.4 Å². The number of rotatable bonds is 8. The Balaban J connectivity index is 1.68. The molecule has 1 saturated carbocycles. The summed E-state index contributed by atoms with van der Waals surface area (Å²) in [6, 6.07) is 10.9. The number of imidazole rings is 1. The van der Waals surface area contributed by atoms with Crippen LogP contribution in [0.4, 0.5) is 26.3 Å². The Kier molecular flexibility index (Phi) is 6.71. The van der Waals surface area contributed by atoms with Crippen molar-refractivity contribution in [2.24, 2.45) is 0 Å². The summed E-state index contributed by atoms with van der Waals surface area (Å²) in [4.78, 5) is 22.7. The quantitative estimate of drug-likeness (QED) is 0.232. The fourth-order valence-corrected chi connectivity index (χ4v) is 4.62. The number of fused-ring (bicyclic) bond motifs is 1. The molecule has 3 heterocycles. The second-order valence-corrected chi connectivity index (χ2v) is 9.69. The minimum absolute atomic E-state index is 0.0596. The van der Waals surface area contributed by atoms with Crippen molar-refractivity contribution in [3.05, 3.63) is 76.2 Å². The first-order chi connectivity index (χ1) is 19.3. The van der Waals surface area contributed by atoms with Gasteiger partial charge in [0, 0.05) is 10.3 Å². The molecule has 0 unspecified atom stereocenters. The van der Waals surface area contributed by atoms with Crippen LogP contribution in [0.1, 0.15) is 24.0 Å². The summed E-state index contributed by atoms with van der Waals surface area (Å²) in [7, 11) is 2.71. The topological polar surface area (TPSA) is 86.0 Å². The number of pyridine rings is 2. The van der Waals surface area contributed by atoms with Crippen molar-refractivity contribution in [1.82, 2.24) is 14.1 Å². The second kappa shape index (κ2) is 9.83. The van der Waals surface area contributed by atoms with Crippen LogP contribution in [0.2, 0.25) is 0 Å². The predicted octanol–water partition coefficient (Wildman–Crippen LogP) is 4.16. The van der Waals surface area contributed by atoms with Crippen LogP contribution in [0, 0.1) is 17.1 Å². The first-order valence-electron chi connectivity index (χ1n) is 12.2. The molecule has 14 heteroatoms. The molecule has 0 aliphatic heterocycles. The van der Waals surface area contributed by atoms with Gasteiger partial charge in [-0.05, 0) is 42.7 Å². The SMILES string of the molecule is COc1ccc(Cn2c(=O)n(CC(F)(F)C(F)(F)F)c3cnc(-c4c(F)cc(C5(C#N)CC5)c[n+]4OC)cc32)cc1. The molecule has 0 atom stereocenters. The molecule has 0 N–H and O–H groups in total. The molecule has 41 heavy (non-hydrogen) atoms. The molecule has 8 nitrogen and oxygen atoms in total. The van der Waals surface area contributed by atoms with E-state index in [0.29, 0.717) is 34.3 Å². The normalized spacial score (nSPS) is 14.6. The lowest BCUT2D eigenvalue weighted by Gasteiger charge is -2.19. The molecule has 3 aromatic heterocycles. The molecule has 0 spiro atoms. The Morgan fingerprint density at radius 2 is 1.76 bits per heavy atom. The van der Waals surface area contributed by atoms with E-state index in [1.807, 2.05) is 0 Å². The van der Waals surface area contributed by atoms with Crippen molar-refractivity contribution in [3.8, 4) is 23.2 Å². The molecule has 1 fully saturated rings. The van der Waals surface area contributed by atoms with Gasteiger partial charge in [0.25, 0.3) is 0 Å². The third-order valence-corrected chi connectivity index (χ3v) is 7.12. The summed E-state index contributed by atoms with van der Waals surface area (Å²) in [5.74, 6) is -5.52. The molecule has 1 aromatic carbocycles. The smallest absolute Gasteiger partial charge is 0.455 e. The van der Waals surface area contributed by atoms with Gasteiger partial charge in [-0.1, -0.05) is 12.1 Å². The first-order valence-corrected chi connectivity index (χ1v) is 12.2. The molecule has 0 bridgehead atoms. The fourth-order valence-electron chi connectivity index (χ4n) is 4.62. The monoisotopic (exact) mass is 578 g/mol. The van der Waals surface area contributed by atoms with Gasteiger partial charge in [0.05, 0.1) is 42.4 Å². The lowest BCUT2D eigenvalue weighted by atomic mass is 9.99. The average molecular weight is 578 g/mol. The van der Waals surface area contributed by atoms with E-state index in [1.165, 1.54) is 32.5 Å². The van der Waals surface area contributed by atoms with Crippen LogP contribution in [0.3, 0.4) is 0 Å². The molecule has 214 valence electrons. The van der Waals surface area contributed by atoms with E-state index in [1.54, 1.807) is 24.3 Å². The average Bonchev–Trinajstić information content (AvgIpc) is 3.70. The van der Waals surface area contributed by atoms with Crippen molar-refractivity contribution < 1.29 is 40.6 Å². The number of hydrogen-bond acceptors (Lipinski definition) is 5. The van der Waals surface area contributed by atoms with E-state index in [9.17, 15) is 32.0 Å². The molecule has 1 aliphatic carbocycles. The van der Waals surface area contributed by atoms with Crippen molar-refractivity contribution in [2.45, 2.75) is 43.4 Å². The van der Waals surface area contributed by atoms with Crippen molar-refractivity contribution >= 4 is 11.0 Å². The summed E-state index contributed by atoms with van der Waals surface area (Å²) < 4.78 is 90.3. The van der Waals surface area contributed by atoms with Gasteiger partial charge in [0.1, 0.15) is 25.1 Å². The summed E-state index contributed by atoms with van der Waals surface area (Å²) in [5, 5.41) is 9.51. The number of nitriles is 1. The zero-order chi connectivity index (χ0) is 29.7.